The van der Waals surface area contributed by atoms with Crippen molar-refractivity contribution in [2.75, 3.05) is 24.1 Å². The summed E-state index contributed by atoms with van der Waals surface area (Å²) in [5.41, 5.74) is 10.3. The Morgan fingerprint density at radius 2 is 1.87 bits per heavy atom. The highest BCUT2D eigenvalue weighted by atomic mass is 16.2. The maximum absolute atomic E-state index is 12.8. The third kappa shape index (κ3) is 3.31. The summed E-state index contributed by atoms with van der Waals surface area (Å²) in [4.78, 5) is 14.7. The number of para-hydroxylation sites is 1. The van der Waals surface area contributed by atoms with Crippen LogP contribution in [0.25, 0.3) is 0 Å². The Morgan fingerprint density at radius 3 is 2.61 bits per heavy atom. The molecule has 1 amide bonds. The summed E-state index contributed by atoms with van der Waals surface area (Å²) in [5.74, 6) is 0.0614. The maximum atomic E-state index is 12.8. The van der Waals surface area contributed by atoms with E-state index in [9.17, 15) is 4.79 Å². The van der Waals surface area contributed by atoms with Crippen LogP contribution in [0.4, 0.5) is 17.1 Å². The SMILES string of the molecule is CCc1ccccc1Nc1ccc(N)cc1C(=O)N1CCCC1. The van der Waals surface area contributed by atoms with Gasteiger partial charge in [-0.15, -0.1) is 0 Å². The molecule has 3 N–H and O–H groups in total. The van der Waals surface area contributed by atoms with Gasteiger partial charge in [0.05, 0.1) is 11.3 Å². The van der Waals surface area contributed by atoms with Crippen LogP contribution in [0.5, 0.6) is 0 Å². The van der Waals surface area contributed by atoms with Gasteiger partial charge in [-0.1, -0.05) is 25.1 Å². The van der Waals surface area contributed by atoms with E-state index in [0.29, 0.717) is 11.3 Å². The molecule has 2 aromatic carbocycles. The van der Waals surface area contributed by atoms with Crippen LogP contribution in [0.3, 0.4) is 0 Å². The van der Waals surface area contributed by atoms with E-state index in [2.05, 4.69) is 18.3 Å². The van der Waals surface area contributed by atoms with Gasteiger partial charge in [-0.2, -0.15) is 0 Å². The molecule has 1 aliphatic rings. The number of benzene rings is 2. The number of rotatable bonds is 4. The van der Waals surface area contributed by atoms with Crippen molar-refractivity contribution in [1.82, 2.24) is 4.90 Å². The second-order valence-corrected chi connectivity index (χ2v) is 5.94. The summed E-state index contributed by atoms with van der Waals surface area (Å²) in [6, 6.07) is 13.7. The number of nitrogens with one attached hydrogen (secondary N) is 1. The summed E-state index contributed by atoms with van der Waals surface area (Å²) < 4.78 is 0. The number of hydrogen-bond donors (Lipinski definition) is 2. The Bertz CT molecular complexity index is 706. The Morgan fingerprint density at radius 1 is 1.13 bits per heavy atom. The van der Waals surface area contributed by atoms with E-state index >= 15 is 0 Å². The average Bonchev–Trinajstić information content (AvgIpc) is 3.11. The van der Waals surface area contributed by atoms with Gasteiger partial charge >= 0.3 is 0 Å². The quantitative estimate of drug-likeness (QED) is 0.844. The van der Waals surface area contributed by atoms with Gasteiger partial charge in [0.1, 0.15) is 0 Å². The Labute approximate surface area is 137 Å². The predicted octanol–water partition coefficient (Wildman–Crippen LogP) is 3.81. The minimum absolute atomic E-state index is 0.0614. The second-order valence-electron chi connectivity index (χ2n) is 5.94. The molecule has 3 rings (SSSR count). The molecule has 0 saturated carbocycles. The number of hydrogen-bond acceptors (Lipinski definition) is 3. The molecule has 0 atom stereocenters. The summed E-state index contributed by atoms with van der Waals surface area (Å²) in [7, 11) is 0. The fourth-order valence-corrected chi connectivity index (χ4v) is 3.03. The van der Waals surface area contributed by atoms with Crippen molar-refractivity contribution in [1.29, 1.82) is 0 Å². The maximum Gasteiger partial charge on any atom is 0.256 e. The molecule has 4 heteroatoms. The number of aryl methyl sites for hydroxylation is 1. The van der Waals surface area contributed by atoms with E-state index in [4.69, 9.17) is 5.73 Å². The van der Waals surface area contributed by atoms with E-state index in [1.54, 1.807) is 6.07 Å². The van der Waals surface area contributed by atoms with Crippen LogP contribution in [0.1, 0.15) is 35.7 Å². The number of amides is 1. The number of carbonyl (C=O) groups excluding carboxylic acids is 1. The van der Waals surface area contributed by atoms with E-state index < -0.39 is 0 Å². The molecular formula is C19H23N3O. The van der Waals surface area contributed by atoms with Crippen molar-refractivity contribution in [3.63, 3.8) is 0 Å². The van der Waals surface area contributed by atoms with Crippen LogP contribution in [0.2, 0.25) is 0 Å². The van der Waals surface area contributed by atoms with Crippen molar-refractivity contribution in [3.8, 4) is 0 Å². The summed E-state index contributed by atoms with van der Waals surface area (Å²) in [5, 5.41) is 3.42. The predicted molar refractivity (Wildman–Crippen MR) is 95.1 cm³/mol. The smallest absolute Gasteiger partial charge is 0.256 e. The van der Waals surface area contributed by atoms with E-state index in [0.717, 1.165) is 43.7 Å². The normalized spacial score (nSPS) is 14.0. The minimum Gasteiger partial charge on any atom is -0.399 e. The zero-order chi connectivity index (χ0) is 16.2. The first-order valence-corrected chi connectivity index (χ1v) is 8.22. The second kappa shape index (κ2) is 6.73. The molecular weight excluding hydrogens is 286 g/mol. The van der Waals surface area contributed by atoms with Gasteiger partial charge in [-0.3, -0.25) is 4.79 Å². The number of nitrogens with zero attached hydrogens (tertiary/aromatic N) is 1. The molecule has 0 aromatic heterocycles. The minimum atomic E-state index is 0.0614. The number of nitrogen functional groups attached to an aromatic ring is 1. The molecule has 1 saturated heterocycles. The zero-order valence-electron chi connectivity index (χ0n) is 13.5. The highest BCUT2D eigenvalue weighted by Gasteiger charge is 2.22. The van der Waals surface area contributed by atoms with Gasteiger partial charge in [0.25, 0.3) is 5.91 Å². The van der Waals surface area contributed by atoms with E-state index in [1.807, 2.05) is 35.2 Å². The molecule has 1 aliphatic heterocycles. The fourth-order valence-electron chi connectivity index (χ4n) is 3.03. The topological polar surface area (TPSA) is 58.4 Å². The Kier molecular flexibility index (Phi) is 4.51. The van der Waals surface area contributed by atoms with Crippen molar-refractivity contribution in [2.24, 2.45) is 0 Å². The largest absolute Gasteiger partial charge is 0.399 e. The monoisotopic (exact) mass is 309 g/mol. The lowest BCUT2D eigenvalue weighted by Gasteiger charge is -2.19. The number of nitrogens with two attached hydrogens (primary N) is 1. The third-order valence-electron chi connectivity index (χ3n) is 4.33. The highest BCUT2D eigenvalue weighted by Crippen LogP contribution is 2.27. The zero-order valence-corrected chi connectivity index (χ0v) is 13.5. The van der Waals surface area contributed by atoms with Crippen molar-refractivity contribution < 1.29 is 4.79 Å². The average molecular weight is 309 g/mol. The highest BCUT2D eigenvalue weighted by molar-refractivity contribution is 6.01. The molecule has 1 heterocycles. The summed E-state index contributed by atoms with van der Waals surface area (Å²) in [6.45, 7) is 3.79. The van der Waals surface area contributed by atoms with Gasteiger partial charge in [-0.25, -0.2) is 0 Å². The first-order chi connectivity index (χ1) is 11.2. The van der Waals surface area contributed by atoms with Gasteiger partial charge in [0.2, 0.25) is 0 Å². The molecule has 0 radical (unpaired) electrons. The summed E-state index contributed by atoms with van der Waals surface area (Å²) in [6.07, 6.45) is 3.10. The molecule has 23 heavy (non-hydrogen) atoms. The molecule has 2 aromatic rings. The molecule has 4 nitrogen and oxygen atoms in total. The van der Waals surface area contributed by atoms with Crippen LogP contribution in [-0.2, 0) is 6.42 Å². The fraction of sp³-hybridized carbons (Fsp3) is 0.316. The lowest BCUT2D eigenvalue weighted by Crippen LogP contribution is -2.28. The van der Waals surface area contributed by atoms with Gasteiger partial charge in [-0.05, 0) is 49.1 Å². The van der Waals surface area contributed by atoms with Crippen LogP contribution < -0.4 is 11.1 Å². The summed E-state index contributed by atoms with van der Waals surface area (Å²) >= 11 is 0. The van der Waals surface area contributed by atoms with Crippen molar-refractivity contribution >= 4 is 23.0 Å². The van der Waals surface area contributed by atoms with Gasteiger partial charge in [0.15, 0.2) is 0 Å². The molecule has 0 spiro atoms. The van der Waals surface area contributed by atoms with Crippen LogP contribution >= 0.6 is 0 Å². The lowest BCUT2D eigenvalue weighted by atomic mass is 10.1. The molecule has 120 valence electrons. The van der Waals surface area contributed by atoms with E-state index in [-0.39, 0.29) is 5.91 Å². The van der Waals surface area contributed by atoms with E-state index in [1.165, 1.54) is 5.56 Å². The first-order valence-electron chi connectivity index (χ1n) is 8.22. The van der Waals surface area contributed by atoms with Crippen LogP contribution in [0, 0.1) is 0 Å². The first kappa shape index (κ1) is 15.4. The molecule has 0 aliphatic carbocycles. The molecule has 0 bridgehead atoms. The van der Waals surface area contributed by atoms with Crippen LogP contribution in [0.15, 0.2) is 42.5 Å². The third-order valence-corrected chi connectivity index (χ3v) is 4.33. The Balaban J connectivity index is 1.94. The Hall–Kier alpha value is -2.49. The number of carbonyl (C=O) groups is 1. The van der Waals surface area contributed by atoms with Gasteiger partial charge in [0, 0.05) is 24.5 Å². The molecule has 1 fully saturated rings. The molecule has 0 unspecified atom stereocenters. The van der Waals surface area contributed by atoms with Crippen molar-refractivity contribution in [2.45, 2.75) is 26.2 Å². The number of anilines is 3. The lowest BCUT2D eigenvalue weighted by molar-refractivity contribution is 0.0794. The van der Waals surface area contributed by atoms with Crippen molar-refractivity contribution in [3.05, 3.63) is 53.6 Å². The van der Waals surface area contributed by atoms with Crippen LogP contribution in [-0.4, -0.2) is 23.9 Å². The van der Waals surface area contributed by atoms with Gasteiger partial charge < -0.3 is 16.0 Å². The number of likely N-dealkylation sites (tertiary alicyclic amines) is 1. The standard InChI is InChI=1S/C19H23N3O/c1-2-14-7-3-4-8-17(14)21-18-10-9-15(20)13-16(18)19(23)22-11-5-6-12-22/h3-4,7-10,13,21H,2,5-6,11-12,20H2,1H3.